The highest BCUT2D eigenvalue weighted by Crippen LogP contribution is 2.25. The highest BCUT2D eigenvalue weighted by atomic mass is 35.5. The van der Waals surface area contributed by atoms with Crippen molar-refractivity contribution in [3.8, 4) is 5.75 Å². The molecule has 3 heterocycles. The number of pyridine rings is 2. The number of piperidine rings is 1. The molecule has 36 heavy (non-hydrogen) atoms. The summed E-state index contributed by atoms with van der Waals surface area (Å²) in [6.07, 6.45) is 5.18. The zero-order chi connectivity index (χ0) is 24.7. The first-order chi connectivity index (χ1) is 17.7. The quantitative estimate of drug-likeness (QED) is 0.356. The van der Waals surface area contributed by atoms with E-state index < -0.39 is 0 Å². The molecule has 2 aromatic heterocycles. The number of benzene rings is 2. The van der Waals surface area contributed by atoms with Gasteiger partial charge in [0.2, 0.25) is 5.91 Å². The molecule has 7 heteroatoms. The smallest absolute Gasteiger partial charge is 0.224 e. The van der Waals surface area contributed by atoms with Crippen LogP contribution in [0.5, 0.6) is 5.75 Å². The predicted octanol–water partition coefficient (Wildman–Crippen LogP) is 5.28. The summed E-state index contributed by atoms with van der Waals surface area (Å²) in [5.74, 6) is 0.880. The van der Waals surface area contributed by atoms with Crippen molar-refractivity contribution in [2.24, 2.45) is 5.92 Å². The molecule has 0 saturated carbocycles. The number of aromatic nitrogens is 2. The van der Waals surface area contributed by atoms with Gasteiger partial charge in [-0.05, 0) is 74.0 Å². The van der Waals surface area contributed by atoms with Gasteiger partial charge in [-0.25, -0.2) is 0 Å². The van der Waals surface area contributed by atoms with E-state index in [9.17, 15) is 4.79 Å². The van der Waals surface area contributed by atoms with Crippen molar-refractivity contribution in [1.29, 1.82) is 0 Å². The fourth-order valence-electron chi connectivity index (χ4n) is 4.64. The van der Waals surface area contributed by atoms with E-state index in [1.54, 1.807) is 12.4 Å². The number of nitrogens with zero attached hydrogens (tertiary/aromatic N) is 3. The number of ether oxygens (including phenoxy) is 1. The molecule has 0 radical (unpaired) electrons. The van der Waals surface area contributed by atoms with Crippen molar-refractivity contribution < 1.29 is 9.53 Å². The lowest BCUT2D eigenvalue weighted by molar-refractivity contribution is -0.127. The van der Waals surface area contributed by atoms with Gasteiger partial charge < -0.3 is 10.1 Å². The zero-order valence-corrected chi connectivity index (χ0v) is 20.8. The summed E-state index contributed by atoms with van der Waals surface area (Å²) in [7, 11) is 0. The van der Waals surface area contributed by atoms with E-state index in [2.05, 4.69) is 20.2 Å². The van der Waals surface area contributed by atoms with Crippen LogP contribution in [0.2, 0.25) is 5.02 Å². The molecule has 1 aliphatic rings. The van der Waals surface area contributed by atoms with Crippen LogP contribution in [0, 0.1) is 5.92 Å². The van der Waals surface area contributed by atoms with Crippen LogP contribution in [-0.2, 0) is 4.79 Å². The highest BCUT2D eigenvalue weighted by Gasteiger charge is 2.27. The van der Waals surface area contributed by atoms with E-state index in [1.807, 2.05) is 72.8 Å². The summed E-state index contributed by atoms with van der Waals surface area (Å²) >= 11 is 6.08. The summed E-state index contributed by atoms with van der Waals surface area (Å²) in [4.78, 5) is 24.5. The molecule has 0 aliphatic carbocycles. The number of hydrogen-bond acceptors (Lipinski definition) is 5. The maximum absolute atomic E-state index is 13.2. The largest absolute Gasteiger partial charge is 0.492 e. The lowest BCUT2D eigenvalue weighted by atomic mass is 9.94. The van der Waals surface area contributed by atoms with Gasteiger partial charge in [0.1, 0.15) is 12.4 Å². The van der Waals surface area contributed by atoms with Crippen LogP contribution in [-0.4, -0.2) is 47.0 Å². The van der Waals surface area contributed by atoms with Crippen molar-refractivity contribution >= 4 is 28.4 Å². The summed E-state index contributed by atoms with van der Waals surface area (Å²) < 4.78 is 5.97. The summed E-state index contributed by atoms with van der Waals surface area (Å²) in [6.45, 7) is 3.18. The molecular weight excluding hydrogens is 472 g/mol. The van der Waals surface area contributed by atoms with Crippen LogP contribution < -0.4 is 10.1 Å². The van der Waals surface area contributed by atoms with Gasteiger partial charge in [-0.15, -0.1) is 0 Å². The maximum Gasteiger partial charge on any atom is 0.224 e. The Morgan fingerprint density at radius 1 is 1.00 bits per heavy atom. The van der Waals surface area contributed by atoms with E-state index in [1.165, 1.54) is 0 Å². The summed E-state index contributed by atoms with van der Waals surface area (Å²) in [5, 5.41) is 5.01. The van der Waals surface area contributed by atoms with Gasteiger partial charge in [0, 0.05) is 41.3 Å². The molecule has 0 bridgehead atoms. The zero-order valence-electron chi connectivity index (χ0n) is 20.0. The molecule has 1 aliphatic heterocycles. The van der Waals surface area contributed by atoms with E-state index >= 15 is 0 Å². The van der Waals surface area contributed by atoms with Crippen molar-refractivity contribution in [2.75, 3.05) is 26.2 Å². The summed E-state index contributed by atoms with van der Waals surface area (Å²) in [6, 6.07) is 23.0. The maximum atomic E-state index is 13.2. The van der Waals surface area contributed by atoms with Crippen LogP contribution in [0.4, 0.5) is 0 Å². The molecule has 184 valence electrons. The standard InChI is InChI=1S/C29H29ClN4O2/c30-24-9-6-22(7-10-24)28(26-5-1-2-14-31-26)33-29(35)23-12-16-34(17-13-23)18-19-36-25-11-8-21-4-3-15-32-27(21)20-25/h1-11,14-15,20,23,28H,12-13,16-19H2,(H,33,35)/t28-/m0/s1. The summed E-state index contributed by atoms with van der Waals surface area (Å²) in [5.41, 5.74) is 2.71. The monoisotopic (exact) mass is 500 g/mol. The van der Waals surface area contributed by atoms with Crippen molar-refractivity contribution in [3.05, 3.63) is 101 Å². The molecule has 1 fully saturated rings. The van der Waals surface area contributed by atoms with Gasteiger partial charge >= 0.3 is 0 Å². The average Bonchev–Trinajstić information content (AvgIpc) is 2.93. The molecule has 0 spiro atoms. The van der Waals surface area contributed by atoms with E-state index in [0.717, 1.165) is 60.4 Å². The number of hydrogen-bond donors (Lipinski definition) is 1. The van der Waals surface area contributed by atoms with E-state index in [4.69, 9.17) is 16.3 Å². The minimum absolute atomic E-state index is 0.0211. The van der Waals surface area contributed by atoms with Crippen LogP contribution in [0.3, 0.4) is 0 Å². The van der Waals surface area contributed by atoms with Gasteiger partial charge in [0.25, 0.3) is 0 Å². The van der Waals surface area contributed by atoms with Crippen LogP contribution in [0.15, 0.2) is 85.2 Å². The average molecular weight is 501 g/mol. The molecule has 0 unspecified atom stereocenters. The molecule has 2 aromatic carbocycles. The van der Waals surface area contributed by atoms with Gasteiger partial charge in [0.05, 0.1) is 17.3 Å². The number of likely N-dealkylation sites (tertiary alicyclic amines) is 1. The number of carbonyl (C=O) groups excluding carboxylic acids is 1. The second-order valence-corrected chi connectivity index (χ2v) is 9.51. The van der Waals surface area contributed by atoms with Gasteiger partial charge in [-0.1, -0.05) is 35.9 Å². The topological polar surface area (TPSA) is 67.4 Å². The Kier molecular flexibility index (Phi) is 7.74. The normalized spacial score (nSPS) is 15.5. The molecule has 1 amide bonds. The number of rotatable bonds is 8. The second kappa shape index (κ2) is 11.5. The molecule has 1 saturated heterocycles. The van der Waals surface area contributed by atoms with Crippen LogP contribution >= 0.6 is 11.6 Å². The minimum Gasteiger partial charge on any atom is -0.492 e. The van der Waals surface area contributed by atoms with Crippen LogP contribution in [0.25, 0.3) is 10.9 Å². The minimum atomic E-state index is -0.307. The van der Waals surface area contributed by atoms with Crippen molar-refractivity contribution in [1.82, 2.24) is 20.2 Å². The Morgan fingerprint density at radius 3 is 2.58 bits per heavy atom. The fourth-order valence-corrected chi connectivity index (χ4v) is 4.76. The molecule has 1 atom stereocenters. The Balaban J connectivity index is 1.13. The fraction of sp³-hybridized carbons (Fsp3) is 0.276. The predicted molar refractivity (Wildman–Crippen MR) is 142 cm³/mol. The van der Waals surface area contributed by atoms with Crippen LogP contribution in [0.1, 0.15) is 30.1 Å². The van der Waals surface area contributed by atoms with Gasteiger partial charge in [0.15, 0.2) is 0 Å². The number of amides is 1. The number of halogens is 1. The highest BCUT2D eigenvalue weighted by molar-refractivity contribution is 6.30. The second-order valence-electron chi connectivity index (χ2n) is 9.07. The third-order valence-corrected chi connectivity index (χ3v) is 6.94. The molecule has 1 N–H and O–H groups in total. The van der Waals surface area contributed by atoms with Crippen molar-refractivity contribution in [3.63, 3.8) is 0 Å². The Bertz CT molecular complexity index is 1290. The number of carbonyl (C=O) groups is 1. The van der Waals surface area contributed by atoms with Gasteiger partial charge in [-0.3, -0.25) is 19.7 Å². The molecule has 4 aromatic rings. The Hall–Kier alpha value is -3.48. The van der Waals surface area contributed by atoms with Gasteiger partial charge in [-0.2, -0.15) is 0 Å². The first-order valence-corrected chi connectivity index (χ1v) is 12.7. The third-order valence-electron chi connectivity index (χ3n) is 6.69. The Labute approximate surface area is 216 Å². The number of fused-ring (bicyclic) bond motifs is 1. The van der Waals surface area contributed by atoms with Crippen molar-refractivity contribution in [2.45, 2.75) is 18.9 Å². The molecular formula is C29H29ClN4O2. The first kappa shape index (κ1) is 24.2. The van der Waals surface area contributed by atoms with E-state index in [0.29, 0.717) is 11.6 Å². The molecule has 6 nitrogen and oxygen atoms in total. The Morgan fingerprint density at radius 2 is 1.81 bits per heavy atom. The lowest BCUT2D eigenvalue weighted by Gasteiger charge is -2.32. The third kappa shape index (κ3) is 6.01. The lowest BCUT2D eigenvalue weighted by Crippen LogP contribution is -2.42. The SMILES string of the molecule is O=C(N[C@@H](c1ccc(Cl)cc1)c1ccccn1)C1CCN(CCOc2ccc3cccnc3c2)CC1. The molecule has 5 rings (SSSR count). The first-order valence-electron chi connectivity index (χ1n) is 12.3. The number of nitrogens with one attached hydrogen (secondary N) is 1. The van der Waals surface area contributed by atoms with E-state index in [-0.39, 0.29) is 17.9 Å².